The number of halogens is 3. The monoisotopic (exact) mass is 259 g/mol. The highest BCUT2D eigenvalue weighted by Crippen LogP contribution is 2.31. The summed E-state index contributed by atoms with van der Waals surface area (Å²) in [4.78, 5) is 20.9. The average Bonchev–Trinajstić information content (AvgIpc) is 2.26. The van der Waals surface area contributed by atoms with Crippen molar-refractivity contribution < 1.29 is 18.3 Å². The molecule has 2 N–H and O–H groups in total. The molecule has 0 saturated carbocycles. The molecule has 2 heterocycles. The first-order valence-electron chi connectivity index (χ1n) is 4.91. The molecule has 2 rings (SSSR count). The second kappa shape index (κ2) is 4.05. The van der Waals surface area contributed by atoms with Gasteiger partial charge in [0.15, 0.2) is 11.3 Å². The summed E-state index contributed by atoms with van der Waals surface area (Å²) < 4.78 is 38.0. The Balaban J connectivity index is 2.86. The number of hydrogen-bond acceptors (Lipinski definition) is 4. The number of fused-ring (bicyclic) bond motifs is 1. The maximum atomic E-state index is 12.7. The van der Waals surface area contributed by atoms with E-state index >= 15 is 0 Å². The van der Waals surface area contributed by atoms with Crippen molar-refractivity contribution in [2.24, 2.45) is 0 Å². The van der Waals surface area contributed by atoms with E-state index in [1.54, 1.807) is 0 Å². The number of pyridine rings is 1. The third kappa shape index (κ3) is 2.06. The van der Waals surface area contributed by atoms with Crippen molar-refractivity contribution in [2.45, 2.75) is 19.7 Å². The summed E-state index contributed by atoms with van der Waals surface area (Å²) in [5.74, 6) is 0.171. The van der Waals surface area contributed by atoms with E-state index in [0.717, 1.165) is 6.07 Å². The quantitative estimate of drug-likeness (QED) is 0.804. The van der Waals surface area contributed by atoms with E-state index in [4.69, 9.17) is 5.11 Å². The molecule has 2 aromatic heterocycles. The molecule has 0 aliphatic rings. The molecule has 0 radical (unpaired) electrons. The molecule has 0 aliphatic heterocycles. The van der Waals surface area contributed by atoms with E-state index in [0.29, 0.717) is 0 Å². The Morgan fingerprint density at radius 3 is 2.61 bits per heavy atom. The second-order valence-corrected chi connectivity index (χ2v) is 3.67. The molecule has 0 amide bonds. The van der Waals surface area contributed by atoms with Crippen LogP contribution in [0.25, 0.3) is 11.0 Å². The molecule has 0 fully saturated rings. The summed E-state index contributed by atoms with van der Waals surface area (Å²) in [5, 5.41) is 8.83. The van der Waals surface area contributed by atoms with Gasteiger partial charge < -0.3 is 10.1 Å². The zero-order chi connectivity index (χ0) is 13.5. The van der Waals surface area contributed by atoms with Gasteiger partial charge in [-0.3, -0.25) is 4.79 Å². The molecule has 0 unspecified atom stereocenters. The standard InChI is InChI=1S/C10H8F3N3O2/c1-4-14-8-6(9(18)15-4)2-5(3-17)7(16-8)10(11,12)13/h2,17H,3H2,1H3,(H,14,15,16,18). The van der Waals surface area contributed by atoms with Crippen LogP contribution in [0.5, 0.6) is 0 Å². The first kappa shape index (κ1) is 12.5. The van der Waals surface area contributed by atoms with Gasteiger partial charge in [-0.1, -0.05) is 0 Å². The van der Waals surface area contributed by atoms with Gasteiger partial charge in [0.05, 0.1) is 12.0 Å². The molecule has 0 atom stereocenters. The van der Waals surface area contributed by atoms with Gasteiger partial charge in [-0.2, -0.15) is 13.2 Å². The molecule has 0 spiro atoms. The number of aliphatic hydroxyl groups excluding tert-OH is 1. The van der Waals surface area contributed by atoms with Gasteiger partial charge in [0.25, 0.3) is 5.56 Å². The van der Waals surface area contributed by atoms with E-state index in [2.05, 4.69) is 15.0 Å². The topological polar surface area (TPSA) is 78.9 Å². The zero-order valence-electron chi connectivity index (χ0n) is 9.17. The Morgan fingerprint density at radius 1 is 1.39 bits per heavy atom. The fourth-order valence-corrected chi connectivity index (χ4v) is 1.58. The van der Waals surface area contributed by atoms with Crippen LogP contribution in [-0.2, 0) is 12.8 Å². The van der Waals surface area contributed by atoms with Crippen LogP contribution < -0.4 is 5.56 Å². The maximum absolute atomic E-state index is 12.7. The van der Waals surface area contributed by atoms with Crippen molar-refractivity contribution in [2.75, 3.05) is 0 Å². The van der Waals surface area contributed by atoms with Crippen molar-refractivity contribution in [1.29, 1.82) is 0 Å². The molecule has 5 nitrogen and oxygen atoms in total. The van der Waals surface area contributed by atoms with Gasteiger partial charge in [0, 0.05) is 5.56 Å². The first-order valence-corrected chi connectivity index (χ1v) is 4.91. The van der Waals surface area contributed by atoms with E-state index in [-0.39, 0.29) is 16.9 Å². The van der Waals surface area contributed by atoms with Crippen molar-refractivity contribution in [3.8, 4) is 0 Å². The Hall–Kier alpha value is -1.96. The largest absolute Gasteiger partial charge is 0.433 e. The Labute approximate surface area is 98.3 Å². The zero-order valence-corrected chi connectivity index (χ0v) is 9.17. The van der Waals surface area contributed by atoms with Crippen molar-refractivity contribution in [3.05, 3.63) is 33.5 Å². The minimum Gasteiger partial charge on any atom is -0.392 e. The van der Waals surface area contributed by atoms with E-state index in [1.807, 2.05) is 0 Å². The molecule has 8 heteroatoms. The number of aromatic amines is 1. The molecule has 0 bridgehead atoms. The summed E-state index contributed by atoms with van der Waals surface area (Å²) in [6, 6.07) is 0.955. The molecule has 0 aromatic carbocycles. The molecule has 0 aliphatic carbocycles. The molecular weight excluding hydrogens is 251 g/mol. The lowest BCUT2D eigenvalue weighted by molar-refractivity contribution is -0.142. The third-order valence-corrected chi connectivity index (χ3v) is 2.33. The molecule has 0 saturated heterocycles. The van der Waals surface area contributed by atoms with Crippen LogP contribution in [-0.4, -0.2) is 20.1 Å². The highest BCUT2D eigenvalue weighted by Gasteiger charge is 2.35. The number of alkyl halides is 3. The smallest absolute Gasteiger partial charge is 0.392 e. The Kier molecular flexibility index (Phi) is 2.81. The normalized spacial score (nSPS) is 12.1. The summed E-state index contributed by atoms with van der Waals surface area (Å²) in [6.45, 7) is 0.584. The minimum atomic E-state index is -4.70. The highest BCUT2D eigenvalue weighted by molar-refractivity contribution is 5.74. The predicted molar refractivity (Wildman–Crippen MR) is 55.8 cm³/mol. The van der Waals surface area contributed by atoms with Gasteiger partial charge >= 0.3 is 6.18 Å². The van der Waals surface area contributed by atoms with E-state index in [9.17, 15) is 18.0 Å². The molecule has 18 heavy (non-hydrogen) atoms. The average molecular weight is 259 g/mol. The SMILES string of the molecule is Cc1nc2nc(C(F)(F)F)c(CO)cc2c(=O)[nH]1. The number of hydrogen-bond donors (Lipinski definition) is 2. The van der Waals surface area contributed by atoms with Gasteiger partial charge in [-0.05, 0) is 13.0 Å². The number of nitrogens with one attached hydrogen (secondary N) is 1. The molecule has 96 valence electrons. The van der Waals surface area contributed by atoms with Gasteiger partial charge in [-0.25, -0.2) is 9.97 Å². The van der Waals surface area contributed by atoms with Crippen LogP contribution >= 0.6 is 0 Å². The number of aromatic nitrogens is 3. The highest BCUT2D eigenvalue weighted by atomic mass is 19.4. The number of aryl methyl sites for hydroxylation is 1. The maximum Gasteiger partial charge on any atom is 0.433 e. The summed E-state index contributed by atoms with van der Waals surface area (Å²) in [7, 11) is 0. The van der Waals surface area contributed by atoms with Crippen molar-refractivity contribution in [1.82, 2.24) is 15.0 Å². The van der Waals surface area contributed by atoms with Gasteiger partial charge in [0.2, 0.25) is 0 Å². The number of aliphatic hydroxyl groups is 1. The Bertz CT molecular complexity index is 664. The van der Waals surface area contributed by atoms with Crippen molar-refractivity contribution in [3.63, 3.8) is 0 Å². The molecular formula is C10H8F3N3O2. The van der Waals surface area contributed by atoms with E-state index < -0.39 is 29.6 Å². The lowest BCUT2D eigenvalue weighted by Gasteiger charge is -2.11. The minimum absolute atomic E-state index is 0.0855. The number of rotatable bonds is 1. The summed E-state index contributed by atoms with van der Waals surface area (Å²) >= 11 is 0. The van der Waals surface area contributed by atoms with Gasteiger partial charge in [0.1, 0.15) is 5.82 Å². The fraction of sp³-hybridized carbons (Fsp3) is 0.300. The number of nitrogens with zero attached hydrogens (tertiary/aromatic N) is 2. The second-order valence-electron chi connectivity index (χ2n) is 3.67. The van der Waals surface area contributed by atoms with Crippen LogP contribution in [0.2, 0.25) is 0 Å². The summed E-state index contributed by atoms with van der Waals surface area (Å²) in [6.07, 6.45) is -4.70. The lowest BCUT2D eigenvalue weighted by atomic mass is 10.1. The van der Waals surface area contributed by atoms with Crippen LogP contribution in [0.1, 0.15) is 17.1 Å². The summed E-state index contributed by atoms with van der Waals surface area (Å²) in [5.41, 5.74) is -2.56. The van der Waals surface area contributed by atoms with Crippen molar-refractivity contribution >= 4 is 11.0 Å². The van der Waals surface area contributed by atoms with Crippen LogP contribution in [0, 0.1) is 6.92 Å². The molecule has 2 aromatic rings. The third-order valence-electron chi connectivity index (χ3n) is 2.33. The van der Waals surface area contributed by atoms with Gasteiger partial charge in [-0.15, -0.1) is 0 Å². The lowest BCUT2D eigenvalue weighted by Crippen LogP contribution is -2.17. The van der Waals surface area contributed by atoms with E-state index in [1.165, 1.54) is 6.92 Å². The van der Waals surface area contributed by atoms with Crippen LogP contribution in [0.3, 0.4) is 0 Å². The number of H-pyrrole nitrogens is 1. The fourth-order valence-electron chi connectivity index (χ4n) is 1.58. The first-order chi connectivity index (χ1) is 8.32. The van der Waals surface area contributed by atoms with Crippen LogP contribution in [0.15, 0.2) is 10.9 Å². The Morgan fingerprint density at radius 2 is 2.06 bits per heavy atom. The predicted octanol–water partition coefficient (Wildman–Crippen LogP) is 1.14. The van der Waals surface area contributed by atoms with Crippen LogP contribution in [0.4, 0.5) is 13.2 Å².